The summed E-state index contributed by atoms with van der Waals surface area (Å²) in [5.74, 6) is 1.55. The number of carbonyl (C=O) groups excluding carboxylic acids is 1. The van der Waals surface area contributed by atoms with E-state index in [1.165, 1.54) is 0 Å². The van der Waals surface area contributed by atoms with Crippen molar-refractivity contribution in [3.63, 3.8) is 0 Å². The van der Waals surface area contributed by atoms with Gasteiger partial charge in [-0.1, -0.05) is 20.8 Å². The van der Waals surface area contributed by atoms with E-state index < -0.39 is 0 Å². The van der Waals surface area contributed by atoms with Crippen LogP contribution in [0.15, 0.2) is 18.2 Å². The SMILES string of the molecule is CCCOc1ccc(C(=O)CCC)c(OCCC)c1. The van der Waals surface area contributed by atoms with Crippen LogP contribution >= 0.6 is 0 Å². The second kappa shape index (κ2) is 8.57. The van der Waals surface area contributed by atoms with Gasteiger partial charge in [0.1, 0.15) is 11.5 Å². The molecule has 0 amide bonds. The molecule has 0 radical (unpaired) electrons. The van der Waals surface area contributed by atoms with Crippen LogP contribution in [0, 0.1) is 0 Å². The summed E-state index contributed by atoms with van der Waals surface area (Å²) < 4.78 is 11.3. The number of benzene rings is 1. The zero-order chi connectivity index (χ0) is 14.1. The summed E-state index contributed by atoms with van der Waals surface area (Å²) in [6.07, 6.45) is 3.28. The lowest BCUT2D eigenvalue weighted by Crippen LogP contribution is -2.05. The second-order valence-electron chi connectivity index (χ2n) is 4.53. The molecule has 3 nitrogen and oxygen atoms in total. The largest absolute Gasteiger partial charge is 0.493 e. The number of ether oxygens (including phenoxy) is 2. The molecule has 0 aliphatic carbocycles. The summed E-state index contributed by atoms with van der Waals surface area (Å²) in [4.78, 5) is 12.0. The third-order valence-corrected chi connectivity index (χ3v) is 2.67. The van der Waals surface area contributed by atoms with Gasteiger partial charge >= 0.3 is 0 Å². The lowest BCUT2D eigenvalue weighted by molar-refractivity contribution is 0.0977. The maximum atomic E-state index is 12.0. The van der Waals surface area contributed by atoms with E-state index in [0.29, 0.717) is 30.9 Å². The van der Waals surface area contributed by atoms with Crippen molar-refractivity contribution in [3.8, 4) is 11.5 Å². The number of hydrogen-bond acceptors (Lipinski definition) is 3. The van der Waals surface area contributed by atoms with E-state index >= 15 is 0 Å². The van der Waals surface area contributed by atoms with Crippen LogP contribution in [0.25, 0.3) is 0 Å². The number of rotatable bonds is 9. The lowest BCUT2D eigenvalue weighted by Gasteiger charge is -2.12. The minimum Gasteiger partial charge on any atom is -0.493 e. The molecule has 1 rings (SSSR count). The van der Waals surface area contributed by atoms with Gasteiger partial charge in [0.05, 0.1) is 18.8 Å². The average molecular weight is 264 g/mol. The van der Waals surface area contributed by atoms with E-state index in [9.17, 15) is 4.79 Å². The Morgan fingerprint density at radius 1 is 1.00 bits per heavy atom. The standard InChI is InChI=1S/C16H24O3/c1-4-7-15(17)14-9-8-13(18-10-5-2)12-16(14)19-11-6-3/h8-9,12H,4-7,10-11H2,1-3H3. The van der Waals surface area contributed by atoms with E-state index in [-0.39, 0.29) is 5.78 Å². The van der Waals surface area contributed by atoms with E-state index in [4.69, 9.17) is 9.47 Å². The second-order valence-corrected chi connectivity index (χ2v) is 4.53. The Morgan fingerprint density at radius 3 is 2.32 bits per heavy atom. The molecule has 106 valence electrons. The van der Waals surface area contributed by atoms with Gasteiger partial charge in [-0.25, -0.2) is 0 Å². The first kappa shape index (κ1) is 15.5. The maximum absolute atomic E-state index is 12.0. The highest BCUT2D eigenvalue weighted by molar-refractivity contribution is 5.98. The Balaban J connectivity index is 2.91. The number of ketones is 1. The van der Waals surface area contributed by atoms with Crippen LogP contribution in [0.4, 0.5) is 0 Å². The van der Waals surface area contributed by atoms with E-state index in [2.05, 4.69) is 6.92 Å². The quantitative estimate of drug-likeness (QED) is 0.625. The molecule has 0 atom stereocenters. The van der Waals surface area contributed by atoms with Crippen molar-refractivity contribution in [2.75, 3.05) is 13.2 Å². The highest BCUT2D eigenvalue weighted by Crippen LogP contribution is 2.26. The molecule has 3 heteroatoms. The fourth-order valence-electron chi connectivity index (χ4n) is 1.74. The van der Waals surface area contributed by atoms with Gasteiger partial charge in [-0.3, -0.25) is 4.79 Å². The maximum Gasteiger partial charge on any atom is 0.166 e. The van der Waals surface area contributed by atoms with Gasteiger partial charge in [-0.05, 0) is 31.4 Å². The van der Waals surface area contributed by atoms with Gasteiger partial charge in [-0.2, -0.15) is 0 Å². The normalized spacial score (nSPS) is 10.3. The summed E-state index contributed by atoms with van der Waals surface area (Å²) in [7, 11) is 0. The third kappa shape index (κ3) is 4.93. The monoisotopic (exact) mass is 264 g/mol. The lowest BCUT2D eigenvalue weighted by atomic mass is 10.1. The van der Waals surface area contributed by atoms with Crippen LogP contribution in [0.3, 0.4) is 0 Å². The Kier molecular flexibility index (Phi) is 7.01. The van der Waals surface area contributed by atoms with Crippen molar-refractivity contribution in [2.24, 2.45) is 0 Å². The van der Waals surface area contributed by atoms with E-state index in [0.717, 1.165) is 25.0 Å². The van der Waals surface area contributed by atoms with Gasteiger partial charge < -0.3 is 9.47 Å². The topological polar surface area (TPSA) is 35.5 Å². The first-order valence-electron chi connectivity index (χ1n) is 7.15. The van der Waals surface area contributed by atoms with Crippen molar-refractivity contribution in [1.82, 2.24) is 0 Å². The molecular weight excluding hydrogens is 240 g/mol. The van der Waals surface area contributed by atoms with Crippen molar-refractivity contribution >= 4 is 5.78 Å². The molecule has 0 saturated heterocycles. The Hall–Kier alpha value is -1.51. The first-order valence-corrected chi connectivity index (χ1v) is 7.15. The fourth-order valence-corrected chi connectivity index (χ4v) is 1.74. The van der Waals surface area contributed by atoms with Gasteiger partial charge in [0.15, 0.2) is 5.78 Å². The molecule has 0 saturated carbocycles. The average Bonchev–Trinajstić information content (AvgIpc) is 2.43. The summed E-state index contributed by atoms with van der Waals surface area (Å²) in [6.45, 7) is 7.40. The molecule has 0 heterocycles. The zero-order valence-corrected chi connectivity index (χ0v) is 12.2. The van der Waals surface area contributed by atoms with Crippen LogP contribution in [0.5, 0.6) is 11.5 Å². The number of hydrogen-bond donors (Lipinski definition) is 0. The predicted molar refractivity (Wildman–Crippen MR) is 77.3 cm³/mol. The summed E-state index contributed by atoms with van der Waals surface area (Å²) >= 11 is 0. The smallest absolute Gasteiger partial charge is 0.166 e. The Bertz CT molecular complexity index is 399. The Morgan fingerprint density at radius 2 is 1.68 bits per heavy atom. The molecule has 0 spiro atoms. The number of Topliss-reactive ketones (excluding diaryl/α,β-unsaturated/α-hetero) is 1. The van der Waals surface area contributed by atoms with Crippen LogP contribution in [0.1, 0.15) is 56.8 Å². The molecule has 0 bridgehead atoms. The molecule has 0 unspecified atom stereocenters. The Labute approximate surface area is 115 Å². The van der Waals surface area contributed by atoms with Gasteiger partial charge in [0.25, 0.3) is 0 Å². The van der Waals surface area contributed by atoms with Crippen molar-refractivity contribution in [1.29, 1.82) is 0 Å². The van der Waals surface area contributed by atoms with Crippen LogP contribution in [-0.4, -0.2) is 19.0 Å². The fraction of sp³-hybridized carbons (Fsp3) is 0.562. The van der Waals surface area contributed by atoms with Gasteiger partial charge in [0, 0.05) is 12.5 Å². The third-order valence-electron chi connectivity index (χ3n) is 2.67. The first-order chi connectivity index (χ1) is 9.22. The van der Waals surface area contributed by atoms with Crippen LogP contribution in [-0.2, 0) is 0 Å². The van der Waals surface area contributed by atoms with Crippen molar-refractivity contribution in [2.45, 2.75) is 46.5 Å². The summed E-state index contributed by atoms with van der Waals surface area (Å²) in [5.41, 5.74) is 0.666. The van der Waals surface area contributed by atoms with E-state index in [1.54, 1.807) is 0 Å². The molecule has 0 N–H and O–H groups in total. The minimum atomic E-state index is 0.135. The number of carbonyl (C=O) groups is 1. The highest BCUT2D eigenvalue weighted by Gasteiger charge is 2.13. The molecule has 1 aromatic rings. The molecule has 0 aliphatic rings. The molecule has 0 aliphatic heterocycles. The highest BCUT2D eigenvalue weighted by atomic mass is 16.5. The molecule has 1 aromatic carbocycles. The van der Waals surface area contributed by atoms with Crippen LogP contribution in [0.2, 0.25) is 0 Å². The van der Waals surface area contributed by atoms with Crippen molar-refractivity contribution < 1.29 is 14.3 Å². The van der Waals surface area contributed by atoms with Crippen molar-refractivity contribution in [3.05, 3.63) is 23.8 Å². The van der Waals surface area contributed by atoms with Gasteiger partial charge in [-0.15, -0.1) is 0 Å². The predicted octanol–water partition coefficient (Wildman–Crippen LogP) is 4.25. The molecule has 0 aromatic heterocycles. The minimum absolute atomic E-state index is 0.135. The zero-order valence-electron chi connectivity index (χ0n) is 12.2. The van der Waals surface area contributed by atoms with E-state index in [1.807, 2.05) is 32.0 Å². The van der Waals surface area contributed by atoms with Gasteiger partial charge in [0.2, 0.25) is 0 Å². The molecular formula is C16H24O3. The molecule has 0 fully saturated rings. The summed E-state index contributed by atoms with van der Waals surface area (Å²) in [5, 5.41) is 0. The van der Waals surface area contributed by atoms with Crippen LogP contribution < -0.4 is 9.47 Å². The summed E-state index contributed by atoms with van der Waals surface area (Å²) in [6, 6.07) is 5.49. The molecule has 19 heavy (non-hydrogen) atoms.